The molecule has 3 aromatic rings. The van der Waals surface area contributed by atoms with Gasteiger partial charge in [0.2, 0.25) is 11.7 Å². The van der Waals surface area contributed by atoms with Crippen molar-refractivity contribution in [3.63, 3.8) is 0 Å². The lowest BCUT2D eigenvalue weighted by Gasteiger charge is -2.22. The summed E-state index contributed by atoms with van der Waals surface area (Å²) in [7, 11) is 0. The van der Waals surface area contributed by atoms with E-state index in [1.807, 2.05) is 0 Å². The van der Waals surface area contributed by atoms with Crippen LogP contribution in [0.3, 0.4) is 0 Å². The fourth-order valence-corrected chi connectivity index (χ4v) is 3.29. The molecular weight excluding hydrogens is 404 g/mol. The fraction of sp³-hybridized carbons (Fsp3) is 0.250. The third kappa shape index (κ3) is 4.12. The van der Waals surface area contributed by atoms with Gasteiger partial charge in [0.05, 0.1) is 5.56 Å². The average molecular weight is 420 g/mol. The number of rotatable bonds is 3. The van der Waals surface area contributed by atoms with E-state index < -0.39 is 23.8 Å². The predicted octanol–water partition coefficient (Wildman–Crippen LogP) is 5.26. The molecule has 1 saturated heterocycles. The first-order valence-electron chi connectivity index (χ1n) is 9.16. The predicted molar refractivity (Wildman–Crippen MR) is 98.8 cm³/mol. The summed E-state index contributed by atoms with van der Waals surface area (Å²) in [4.78, 5) is 18.5. The number of aromatic nitrogens is 2. The highest BCUT2D eigenvalue weighted by molar-refractivity contribution is 5.89. The van der Waals surface area contributed by atoms with Crippen LogP contribution in [0.4, 0.5) is 28.0 Å². The Morgan fingerprint density at radius 3 is 2.47 bits per heavy atom. The number of anilines is 1. The second-order valence-corrected chi connectivity index (χ2v) is 6.82. The van der Waals surface area contributed by atoms with Crippen molar-refractivity contribution < 1.29 is 26.9 Å². The summed E-state index contributed by atoms with van der Waals surface area (Å²) in [6, 6.07) is 8.89. The van der Waals surface area contributed by atoms with Crippen molar-refractivity contribution in [3.05, 3.63) is 65.8 Å². The van der Waals surface area contributed by atoms with Gasteiger partial charge in [0, 0.05) is 17.8 Å². The number of nitrogens with one attached hydrogen (secondary N) is 1. The number of amides is 2. The number of alkyl halides is 3. The summed E-state index contributed by atoms with van der Waals surface area (Å²) in [6.45, 7) is 0.436. The minimum atomic E-state index is -4.44. The van der Waals surface area contributed by atoms with Crippen LogP contribution in [0.1, 0.15) is 30.3 Å². The van der Waals surface area contributed by atoms with Gasteiger partial charge in [0.15, 0.2) is 0 Å². The number of likely N-dealkylation sites (tertiary alicyclic amines) is 1. The first kappa shape index (κ1) is 19.9. The lowest BCUT2D eigenvalue weighted by atomic mass is 10.2. The van der Waals surface area contributed by atoms with Crippen molar-refractivity contribution in [1.82, 2.24) is 15.0 Å². The quantitative estimate of drug-likeness (QED) is 0.587. The highest BCUT2D eigenvalue weighted by Crippen LogP contribution is 2.33. The summed E-state index contributed by atoms with van der Waals surface area (Å²) in [5, 5.41) is 6.49. The summed E-state index contributed by atoms with van der Waals surface area (Å²) >= 11 is 0. The molecule has 1 unspecified atom stereocenters. The van der Waals surface area contributed by atoms with E-state index in [4.69, 9.17) is 4.52 Å². The molecule has 2 aromatic carbocycles. The standard InChI is InChI=1S/C20H16F4N4O2/c21-14-7-3-12(4-8-14)17-26-18(30-27-17)16-2-1-11-28(16)19(29)25-15-9-5-13(6-10-15)20(22,23)24/h3-10,16H,1-2,11H2,(H,25,29). The van der Waals surface area contributed by atoms with Gasteiger partial charge in [-0.15, -0.1) is 0 Å². The third-order valence-corrected chi connectivity index (χ3v) is 4.81. The van der Waals surface area contributed by atoms with Crippen molar-refractivity contribution in [2.45, 2.75) is 25.1 Å². The molecule has 10 heteroatoms. The monoisotopic (exact) mass is 420 g/mol. The SMILES string of the molecule is O=C(Nc1ccc(C(F)(F)F)cc1)N1CCCC1c1nc(-c2ccc(F)cc2)no1. The van der Waals surface area contributed by atoms with Crippen LogP contribution in [0.15, 0.2) is 53.1 Å². The molecule has 30 heavy (non-hydrogen) atoms. The Bertz CT molecular complexity index is 1030. The highest BCUT2D eigenvalue weighted by Gasteiger charge is 2.34. The first-order valence-corrected chi connectivity index (χ1v) is 9.16. The van der Waals surface area contributed by atoms with E-state index in [-0.39, 0.29) is 23.2 Å². The van der Waals surface area contributed by atoms with Gasteiger partial charge in [0.1, 0.15) is 11.9 Å². The molecule has 1 aromatic heterocycles. The number of carbonyl (C=O) groups excluding carboxylic acids is 1. The normalized spacial score (nSPS) is 16.7. The number of hydrogen-bond acceptors (Lipinski definition) is 4. The van der Waals surface area contributed by atoms with Gasteiger partial charge in [-0.05, 0) is 61.4 Å². The molecule has 0 aliphatic carbocycles. The number of urea groups is 1. The lowest BCUT2D eigenvalue weighted by Crippen LogP contribution is -2.34. The van der Waals surface area contributed by atoms with Crippen LogP contribution in [0, 0.1) is 5.82 Å². The van der Waals surface area contributed by atoms with Crippen LogP contribution in [0.2, 0.25) is 0 Å². The van der Waals surface area contributed by atoms with Gasteiger partial charge < -0.3 is 14.7 Å². The molecular formula is C20H16F4N4O2. The third-order valence-electron chi connectivity index (χ3n) is 4.81. The zero-order valence-corrected chi connectivity index (χ0v) is 15.5. The first-order chi connectivity index (χ1) is 14.3. The zero-order valence-electron chi connectivity index (χ0n) is 15.5. The van der Waals surface area contributed by atoms with E-state index in [0.717, 1.165) is 12.1 Å². The van der Waals surface area contributed by atoms with Crippen LogP contribution in [0.25, 0.3) is 11.4 Å². The zero-order chi connectivity index (χ0) is 21.3. The topological polar surface area (TPSA) is 71.3 Å². The molecule has 1 aliphatic heterocycles. The van der Waals surface area contributed by atoms with Crippen LogP contribution >= 0.6 is 0 Å². The van der Waals surface area contributed by atoms with Gasteiger partial charge in [-0.2, -0.15) is 18.2 Å². The maximum Gasteiger partial charge on any atom is 0.416 e. The molecule has 4 rings (SSSR count). The maximum absolute atomic E-state index is 13.1. The van der Waals surface area contributed by atoms with Crippen molar-refractivity contribution >= 4 is 11.7 Å². The molecule has 6 nitrogen and oxygen atoms in total. The Kier molecular flexibility index (Phi) is 5.15. The summed E-state index contributed by atoms with van der Waals surface area (Å²) < 4.78 is 56.4. The number of halogens is 4. The van der Waals surface area contributed by atoms with Gasteiger partial charge in [-0.1, -0.05) is 5.16 Å². The summed E-state index contributed by atoms with van der Waals surface area (Å²) in [5.41, 5.74) is 0.0278. The van der Waals surface area contributed by atoms with Crippen LogP contribution in [-0.2, 0) is 6.18 Å². The van der Waals surface area contributed by atoms with Crippen molar-refractivity contribution in [3.8, 4) is 11.4 Å². The molecule has 1 aliphatic rings. The molecule has 0 spiro atoms. The highest BCUT2D eigenvalue weighted by atomic mass is 19.4. The van der Waals surface area contributed by atoms with Gasteiger partial charge >= 0.3 is 12.2 Å². The molecule has 0 saturated carbocycles. The molecule has 0 bridgehead atoms. The summed E-state index contributed by atoms with van der Waals surface area (Å²) in [6.07, 6.45) is -3.13. The van der Waals surface area contributed by atoms with Crippen LogP contribution in [-0.4, -0.2) is 27.6 Å². The van der Waals surface area contributed by atoms with Crippen molar-refractivity contribution in [1.29, 1.82) is 0 Å². The van der Waals surface area contributed by atoms with E-state index in [1.165, 1.54) is 41.3 Å². The number of carbonyl (C=O) groups is 1. The van der Waals surface area contributed by atoms with Gasteiger partial charge in [-0.3, -0.25) is 0 Å². The Labute approximate surface area is 168 Å². The van der Waals surface area contributed by atoms with E-state index >= 15 is 0 Å². The Hall–Kier alpha value is -3.43. The fourth-order valence-electron chi connectivity index (χ4n) is 3.29. The van der Waals surface area contributed by atoms with Crippen molar-refractivity contribution in [2.24, 2.45) is 0 Å². The number of benzene rings is 2. The largest absolute Gasteiger partial charge is 0.416 e. The minimum Gasteiger partial charge on any atom is -0.337 e. The van der Waals surface area contributed by atoms with Crippen LogP contribution < -0.4 is 5.32 Å². The van der Waals surface area contributed by atoms with Crippen molar-refractivity contribution in [2.75, 3.05) is 11.9 Å². The van der Waals surface area contributed by atoms with E-state index in [2.05, 4.69) is 15.5 Å². The Balaban J connectivity index is 1.47. The minimum absolute atomic E-state index is 0.245. The molecule has 2 amide bonds. The molecule has 1 fully saturated rings. The van der Waals surface area contributed by atoms with Gasteiger partial charge in [0.25, 0.3) is 0 Å². The lowest BCUT2D eigenvalue weighted by molar-refractivity contribution is -0.137. The molecule has 1 atom stereocenters. The van der Waals surface area contributed by atoms with E-state index in [0.29, 0.717) is 24.9 Å². The Morgan fingerprint density at radius 1 is 1.10 bits per heavy atom. The smallest absolute Gasteiger partial charge is 0.337 e. The number of nitrogens with zero attached hydrogens (tertiary/aromatic N) is 3. The molecule has 156 valence electrons. The Morgan fingerprint density at radius 2 is 1.80 bits per heavy atom. The summed E-state index contributed by atoms with van der Waals surface area (Å²) in [5.74, 6) is 0.138. The maximum atomic E-state index is 13.1. The second-order valence-electron chi connectivity index (χ2n) is 6.82. The number of hydrogen-bond donors (Lipinski definition) is 1. The molecule has 0 radical (unpaired) electrons. The molecule has 2 heterocycles. The van der Waals surface area contributed by atoms with E-state index in [9.17, 15) is 22.4 Å². The second kappa shape index (κ2) is 7.77. The average Bonchev–Trinajstić information content (AvgIpc) is 3.38. The molecule has 1 N–H and O–H groups in total. The van der Waals surface area contributed by atoms with Gasteiger partial charge in [-0.25, -0.2) is 9.18 Å². The van der Waals surface area contributed by atoms with Crippen LogP contribution in [0.5, 0.6) is 0 Å². The van der Waals surface area contributed by atoms with E-state index in [1.54, 1.807) is 0 Å².